The summed E-state index contributed by atoms with van der Waals surface area (Å²) < 4.78 is 7.36. The normalized spacial score (nSPS) is 11.8. The van der Waals surface area contributed by atoms with Crippen molar-refractivity contribution in [3.63, 3.8) is 0 Å². The highest BCUT2D eigenvalue weighted by molar-refractivity contribution is 5.97. The summed E-state index contributed by atoms with van der Waals surface area (Å²) in [7, 11) is 0. The number of furan rings is 1. The molecule has 2 aromatic rings. The molecule has 4 nitrogen and oxygen atoms in total. The van der Waals surface area contributed by atoms with E-state index in [0.717, 1.165) is 17.5 Å². The number of carbonyl (C=O) groups excluding carboxylic acids is 1. The number of aromatic nitrogens is 1. The van der Waals surface area contributed by atoms with E-state index in [4.69, 9.17) is 4.42 Å². The second-order valence-corrected chi connectivity index (χ2v) is 5.32. The third kappa shape index (κ3) is 3.13. The predicted molar refractivity (Wildman–Crippen MR) is 80.8 cm³/mol. The van der Waals surface area contributed by atoms with Gasteiger partial charge in [-0.2, -0.15) is 0 Å². The van der Waals surface area contributed by atoms with Gasteiger partial charge in [0, 0.05) is 25.2 Å². The Morgan fingerprint density at radius 3 is 3.00 bits per heavy atom. The molecule has 0 aliphatic carbocycles. The Bertz CT molecular complexity index is 605. The molecule has 0 bridgehead atoms. The quantitative estimate of drug-likeness (QED) is 0.818. The lowest BCUT2D eigenvalue weighted by Gasteiger charge is -2.09. The zero-order chi connectivity index (χ0) is 14.5. The zero-order valence-corrected chi connectivity index (χ0v) is 12.3. The van der Waals surface area contributed by atoms with Gasteiger partial charge in [0.2, 0.25) is 0 Å². The molecule has 0 atom stereocenters. The number of fused-ring (bicyclic) bond motifs is 1. The molecule has 0 aliphatic rings. The fraction of sp³-hybridized carbons (Fsp3) is 0.438. The molecule has 108 valence electrons. The van der Waals surface area contributed by atoms with E-state index in [2.05, 4.69) is 19.2 Å². The van der Waals surface area contributed by atoms with Crippen LogP contribution in [0.25, 0.3) is 11.1 Å². The van der Waals surface area contributed by atoms with E-state index in [1.807, 2.05) is 35.8 Å². The smallest absolute Gasteiger partial charge is 0.268 e. The Labute approximate surface area is 119 Å². The second-order valence-electron chi connectivity index (χ2n) is 5.32. The first-order valence-corrected chi connectivity index (χ1v) is 7.09. The number of nitrogens with zero attached hydrogens (tertiary/aromatic N) is 1. The van der Waals surface area contributed by atoms with Crippen molar-refractivity contribution in [2.75, 3.05) is 6.54 Å². The molecule has 0 radical (unpaired) electrons. The number of rotatable bonds is 6. The Morgan fingerprint density at radius 1 is 1.50 bits per heavy atom. The molecule has 1 amide bonds. The first-order valence-electron chi connectivity index (χ1n) is 7.09. The van der Waals surface area contributed by atoms with Gasteiger partial charge in [-0.1, -0.05) is 26.0 Å². The summed E-state index contributed by atoms with van der Waals surface area (Å²) in [5.74, 6) is 0.544. The van der Waals surface area contributed by atoms with E-state index in [-0.39, 0.29) is 5.91 Å². The Balaban J connectivity index is 2.19. The highest BCUT2D eigenvalue weighted by Gasteiger charge is 2.16. The summed E-state index contributed by atoms with van der Waals surface area (Å²) in [6.07, 6.45) is 6.64. The van der Waals surface area contributed by atoms with Crippen LogP contribution in [0.5, 0.6) is 0 Å². The third-order valence-electron chi connectivity index (χ3n) is 3.29. The van der Waals surface area contributed by atoms with E-state index < -0.39 is 0 Å². The van der Waals surface area contributed by atoms with Crippen LogP contribution in [0, 0.1) is 5.92 Å². The molecular weight excluding hydrogens is 252 g/mol. The molecule has 20 heavy (non-hydrogen) atoms. The average Bonchev–Trinajstić information content (AvgIpc) is 2.96. The lowest BCUT2D eigenvalue weighted by Crippen LogP contribution is -2.27. The van der Waals surface area contributed by atoms with Crippen LogP contribution in [-0.4, -0.2) is 17.0 Å². The minimum atomic E-state index is -0.0402. The molecule has 2 heterocycles. The average molecular weight is 274 g/mol. The van der Waals surface area contributed by atoms with Crippen molar-refractivity contribution in [3.05, 3.63) is 36.2 Å². The molecule has 0 spiro atoms. The monoisotopic (exact) mass is 274 g/mol. The highest BCUT2D eigenvalue weighted by atomic mass is 16.3. The van der Waals surface area contributed by atoms with Gasteiger partial charge >= 0.3 is 0 Å². The number of carbonyl (C=O) groups is 1. The van der Waals surface area contributed by atoms with Crippen LogP contribution < -0.4 is 5.32 Å². The molecule has 2 rings (SSSR count). The lowest BCUT2D eigenvalue weighted by atomic mass is 10.1. The molecule has 2 aromatic heterocycles. The molecular formula is C16H22N2O2. The zero-order valence-electron chi connectivity index (χ0n) is 12.3. The number of allylic oxidation sites excluding steroid dienone is 2. The predicted octanol–water partition coefficient (Wildman–Crippen LogP) is 3.59. The SMILES string of the molecule is C/C=C\Cn1c(C(=O)NCCC(C)C)cc2occc21. The molecule has 4 heteroatoms. The van der Waals surface area contributed by atoms with Crippen molar-refractivity contribution >= 4 is 17.0 Å². The van der Waals surface area contributed by atoms with Gasteiger partial charge in [-0.15, -0.1) is 0 Å². The Morgan fingerprint density at radius 2 is 2.30 bits per heavy atom. The van der Waals surface area contributed by atoms with Gasteiger partial charge in [0.05, 0.1) is 11.8 Å². The van der Waals surface area contributed by atoms with Crippen molar-refractivity contribution in [1.82, 2.24) is 9.88 Å². The van der Waals surface area contributed by atoms with Crippen molar-refractivity contribution in [2.24, 2.45) is 5.92 Å². The van der Waals surface area contributed by atoms with Crippen molar-refractivity contribution in [3.8, 4) is 0 Å². The molecule has 0 unspecified atom stereocenters. The van der Waals surface area contributed by atoms with Crippen LogP contribution in [0.4, 0.5) is 0 Å². The lowest BCUT2D eigenvalue weighted by molar-refractivity contribution is 0.0943. The van der Waals surface area contributed by atoms with Crippen LogP contribution in [0.3, 0.4) is 0 Å². The first-order chi connectivity index (χ1) is 9.63. The highest BCUT2D eigenvalue weighted by Crippen LogP contribution is 2.21. The van der Waals surface area contributed by atoms with E-state index >= 15 is 0 Å². The van der Waals surface area contributed by atoms with Gasteiger partial charge in [0.25, 0.3) is 5.91 Å². The summed E-state index contributed by atoms with van der Waals surface area (Å²) >= 11 is 0. The molecule has 1 N–H and O–H groups in total. The third-order valence-corrected chi connectivity index (χ3v) is 3.29. The molecule has 0 fully saturated rings. The molecule has 0 saturated carbocycles. The van der Waals surface area contributed by atoms with Crippen molar-refractivity contribution < 1.29 is 9.21 Å². The number of amides is 1. The number of hydrogen-bond acceptors (Lipinski definition) is 2. The molecule has 0 aromatic carbocycles. The van der Waals surface area contributed by atoms with Crippen LogP contribution in [0.15, 0.2) is 35.0 Å². The van der Waals surface area contributed by atoms with E-state index in [9.17, 15) is 4.79 Å². The number of nitrogens with one attached hydrogen (secondary N) is 1. The van der Waals surface area contributed by atoms with Gasteiger partial charge in [-0.05, 0) is 19.3 Å². The van der Waals surface area contributed by atoms with Gasteiger partial charge in [-0.3, -0.25) is 4.79 Å². The fourth-order valence-corrected chi connectivity index (χ4v) is 2.14. The second kappa shape index (κ2) is 6.46. The standard InChI is InChI=1S/C16H22N2O2/c1-4-5-9-18-13-7-10-20-15(13)11-14(18)16(19)17-8-6-12(2)3/h4-5,7,10-12H,6,8-9H2,1-3H3,(H,17,19)/b5-4-. The number of hydrogen-bond donors (Lipinski definition) is 1. The minimum absolute atomic E-state index is 0.0402. The summed E-state index contributed by atoms with van der Waals surface area (Å²) in [6.45, 7) is 7.64. The first kappa shape index (κ1) is 14.4. The van der Waals surface area contributed by atoms with Gasteiger partial charge in [0.1, 0.15) is 5.69 Å². The minimum Gasteiger partial charge on any atom is -0.463 e. The summed E-state index contributed by atoms with van der Waals surface area (Å²) in [5, 5.41) is 2.97. The van der Waals surface area contributed by atoms with Crippen LogP contribution in [0.2, 0.25) is 0 Å². The van der Waals surface area contributed by atoms with Crippen molar-refractivity contribution in [2.45, 2.75) is 33.7 Å². The maximum Gasteiger partial charge on any atom is 0.268 e. The van der Waals surface area contributed by atoms with Crippen LogP contribution in [-0.2, 0) is 6.54 Å². The van der Waals surface area contributed by atoms with E-state index in [1.54, 1.807) is 6.26 Å². The molecule has 0 aliphatic heterocycles. The van der Waals surface area contributed by atoms with Crippen LogP contribution >= 0.6 is 0 Å². The maximum absolute atomic E-state index is 12.3. The van der Waals surface area contributed by atoms with E-state index in [1.165, 1.54) is 0 Å². The summed E-state index contributed by atoms with van der Waals surface area (Å²) in [5.41, 5.74) is 2.36. The Hall–Kier alpha value is -1.97. The summed E-state index contributed by atoms with van der Waals surface area (Å²) in [4.78, 5) is 12.3. The Kier molecular flexibility index (Phi) is 4.66. The van der Waals surface area contributed by atoms with Gasteiger partial charge in [-0.25, -0.2) is 0 Å². The van der Waals surface area contributed by atoms with Crippen LogP contribution in [0.1, 0.15) is 37.7 Å². The topological polar surface area (TPSA) is 47.2 Å². The largest absolute Gasteiger partial charge is 0.463 e. The van der Waals surface area contributed by atoms with Gasteiger partial charge < -0.3 is 14.3 Å². The maximum atomic E-state index is 12.3. The molecule has 0 saturated heterocycles. The van der Waals surface area contributed by atoms with Crippen molar-refractivity contribution in [1.29, 1.82) is 0 Å². The summed E-state index contributed by atoms with van der Waals surface area (Å²) in [6, 6.07) is 3.70. The van der Waals surface area contributed by atoms with Gasteiger partial charge in [0.15, 0.2) is 5.58 Å². The van der Waals surface area contributed by atoms with E-state index in [0.29, 0.717) is 24.7 Å². The fourth-order valence-electron chi connectivity index (χ4n) is 2.14.